The summed E-state index contributed by atoms with van der Waals surface area (Å²) < 4.78 is 0. The van der Waals surface area contributed by atoms with E-state index in [1.54, 1.807) is 36.7 Å². The lowest BCUT2D eigenvalue weighted by Crippen LogP contribution is -2.15. The molecule has 2 aliphatic heterocycles. The van der Waals surface area contributed by atoms with Crippen LogP contribution in [0.15, 0.2) is 83.3 Å². The molecule has 6 nitrogen and oxygen atoms in total. The Balaban J connectivity index is 1.84. The zero-order valence-electron chi connectivity index (χ0n) is 14.4. The number of carbonyl (C=O) groups is 1. The average molecular weight is 359 g/mol. The van der Waals surface area contributed by atoms with Crippen LogP contribution < -0.4 is 5.32 Å². The molecule has 0 atom stereocenters. The van der Waals surface area contributed by atoms with Crippen molar-refractivity contribution in [1.82, 2.24) is 5.06 Å². The van der Waals surface area contributed by atoms with Gasteiger partial charge in [-0.3, -0.25) is 10.0 Å². The summed E-state index contributed by atoms with van der Waals surface area (Å²) in [4.78, 5) is 21.9. The molecule has 2 aliphatic rings. The lowest BCUT2D eigenvalue weighted by molar-refractivity contribution is 0.00936. The predicted molar refractivity (Wildman–Crippen MR) is 103 cm³/mol. The van der Waals surface area contributed by atoms with Crippen molar-refractivity contribution in [2.24, 2.45) is 5.18 Å². The molecule has 0 spiro atoms. The number of anilines is 1. The van der Waals surface area contributed by atoms with E-state index in [4.69, 9.17) is 0 Å². The number of nitrogens with one attached hydrogen (secondary N) is 1. The molecule has 1 amide bonds. The summed E-state index contributed by atoms with van der Waals surface area (Å²) in [5, 5.41) is 16.9. The summed E-state index contributed by atoms with van der Waals surface area (Å²) >= 11 is 0. The maximum atomic E-state index is 11.5. The lowest BCUT2D eigenvalue weighted by atomic mass is 9.91. The largest absolute Gasteiger partial charge is 0.354 e. The third-order valence-electron chi connectivity index (χ3n) is 4.74. The van der Waals surface area contributed by atoms with Gasteiger partial charge >= 0.3 is 5.91 Å². The standard InChI is InChI=1S/C21H17N3O3/c25-21(23-26)16-8-6-15(7-9-16)20-18-11-12-24(27)13-17(18)10-5-14-3-1-2-4-19(14)22-20/h1-4,6-9,11-13,22,27H,5,10H2. The summed E-state index contributed by atoms with van der Waals surface area (Å²) in [5.74, 6) is -0.788. The number of amides is 1. The number of hydrogen-bond donors (Lipinski definition) is 2. The summed E-state index contributed by atoms with van der Waals surface area (Å²) in [6.07, 6.45) is 6.79. The van der Waals surface area contributed by atoms with Gasteiger partial charge in [0.25, 0.3) is 0 Å². The van der Waals surface area contributed by atoms with Crippen LogP contribution in [0.4, 0.5) is 5.69 Å². The van der Waals surface area contributed by atoms with E-state index in [1.807, 2.05) is 24.3 Å². The second-order valence-electron chi connectivity index (χ2n) is 6.39. The van der Waals surface area contributed by atoms with Crippen LogP contribution in [-0.4, -0.2) is 16.2 Å². The number of carbonyl (C=O) groups excluding carboxylic acids is 1. The van der Waals surface area contributed by atoms with Crippen molar-refractivity contribution in [1.29, 1.82) is 0 Å². The van der Waals surface area contributed by atoms with Crippen LogP contribution in [0.25, 0.3) is 5.70 Å². The molecule has 6 heteroatoms. The predicted octanol–water partition coefficient (Wildman–Crippen LogP) is 4.47. The van der Waals surface area contributed by atoms with Crippen molar-refractivity contribution >= 4 is 17.3 Å². The Morgan fingerprint density at radius 3 is 2.63 bits per heavy atom. The van der Waals surface area contributed by atoms with Gasteiger partial charge in [0, 0.05) is 34.4 Å². The minimum Gasteiger partial charge on any atom is -0.354 e. The van der Waals surface area contributed by atoms with Gasteiger partial charge in [0.05, 0.1) is 5.70 Å². The lowest BCUT2D eigenvalue weighted by Gasteiger charge is -2.26. The summed E-state index contributed by atoms with van der Waals surface area (Å²) in [6.45, 7) is 0. The molecule has 0 radical (unpaired) electrons. The van der Waals surface area contributed by atoms with E-state index in [-0.39, 0.29) is 5.56 Å². The first kappa shape index (κ1) is 16.9. The molecule has 0 saturated heterocycles. The zero-order valence-corrected chi connectivity index (χ0v) is 14.4. The fraction of sp³-hybridized carbons (Fsp3) is 0.0952. The Bertz CT molecular complexity index is 1000. The molecule has 0 aliphatic carbocycles. The molecule has 0 unspecified atom stereocenters. The van der Waals surface area contributed by atoms with Gasteiger partial charge in [-0.05, 0) is 53.8 Å². The molecule has 0 aromatic heterocycles. The number of nitroso groups, excluding NO2 is 1. The summed E-state index contributed by atoms with van der Waals surface area (Å²) in [6, 6.07) is 14.9. The van der Waals surface area contributed by atoms with Gasteiger partial charge in [0.15, 0.2) is 0 Å². The fourth-order valence-electron chi connectivity index (χ4n) is 3.36. The normalized spacial score (nSPS) is 15.7. The Hall–Kier alpha value is -3.51. The molecule has 2 N–H and O–H groups in total. The average Bonchev–Trinajstić information content (AvgIpc) is 2.69. The first-order chi connectivity index (χ1) is 13.2. The van der Waals surface area contributed by atoms with Crippen molar-refractivity contribution in [3.63, 3.8) is 0 Å². The highest BCUT2D eigenvalue weighted by atomic mass is 16.5. The van der Waals surface area contributed by atoms with E-state index >= 15 is 0 Å². The Kier molecular flexibility index (Phi) is 4.40. The minimum atomic E-state index is -0.788. The number of rotatable bonds is 2. The van der Waals surface area contributed by atoms with E-state index in [2.05, 4.69) is 16.6 Å². The van der Waals surface area contributed by atoms with Crippen molar-refractivity contribution in [3.05, 3.63) is 99.8 Å². The number of aryl methyl sites for hydroxylation is 1. The van der Waals surface area contributed by atoms with Gasteiger partial charge in [-0.1, -0.05) is 30.3 Å². The van der Waals surface area contributed by atoms with E-state index < -0.39 is 5.91 Å². The number of nitrogens with zero attached hydrogens (tertiary/aromatic N) is 2. The molecule has 134 valence electrons. The van der Waals surface area contributed by atoms with Gasteiger partial charge in [0.2, 0.25) is 0 Å². The number of para-hydroxylation sites is 1. The van der Waals surface area contributed by atoms with Crippen molar-refractivity contribution < 1.29 is 10.0 Å². The highest BCUT2D eigenvalue weighted by Gasteiger charge is 2.20. The van der Waals surface area contributed by atoms with Crippen LogP contribution in [0, 0.1) is 4.91 Å². The Labute approximate surface area is 156 Å². The number of fused-ring (bicyclic) bond motifs is 2. The van der Waals surface area contributed by atoms with E-state index in [0.29, 0.717) is 0 Å². The molecule has 0 bridgehead atoms. The topological polar surface area (TPSA) is 82.0 Å². The second-order valence-corrected chi connectivity index (χ2v) is 6.39. The molecule has 2 aromatic carbocycles. The van der Waals surface area contributed by atoms with Crippen LogP contribution >= 0.6 is 0 Å². The van der Waals surface area contributed by atoms with Gasteiger partial charge in [-0.25, -0.2) is 5.06 Å². The highest BCUT2D eigenvalue weighted by Crippen LogP contribution is 2.35. The molecular formula is C21H17N3O3. The molecular weight excluding hydrogens is 342 g/mol. The van der Waals surface area contributed by atoms with E-state index in [9.17, 15) is 14.9 Å². The maximum Gasteiger partial charge on any atom is 0.316 e. The zero-order chi connectivity index (χ0) is 18.8. The number of hydroxylamine groups is 2. The van der Waals surface area contributed by atoms with Crippen LogP contribution in [0.5, 0.6) is 0 Å². The third kappa shape index (κ3) is 3.30. The van der Waals surface area contributed by atoms with Gasteiger partial charge in [-0.15, -0.1) is 4.91 Å². The Morgan fingerprint density at radius 1 is 1.07 bits per heavy atom. The summed E-state index contributed by atoms with van der Waals surface area (Å²) in [7, 11) is 0. The molecule has 0 fully saturated rings. The monoisotopic (exact) mass is 359 g/mol. The summed E-state index contributed by atoms with van der Waals surface area (Å²) in [5.41, 5.74) is 6.18. The highest BCUT2D eigenvalue weighted by molar-refractivity contribution is 5.95. The van der Waals surface area contributed by atoms with E-state index in [0.717, 1.165) is 46.0 Å². The van der Waals surface area contributed by atoms with Crippen LogP contribution in [0.2, 0.25) is 0 Å². The molecule has 4 rings (SSSR count). The van der Waals surface area contributed by atoms with Crippen LogP contribution in [-0.2, 0) is 6.42 Å². The molecule has 27 heavy (non-hydrogen) atoms. The second kappa shape index (κ2) is 7.01. The minimum absolute atomic E-state index is 0.252. The van der Waals surface area contributed by atoms with Gasteiger partial charge < -0.3 is 5.32 Å². The smallest absolute Gasteiger partial charge is 0.316 e. The SMILES string of the molecule is O=NC(=O)c1ccc(C2=C3C=CN(O)C=C3CCc3ccccc3N2)cc1. The Morgan fingerprint density at radius 2 is 1.85 bits per heavy atom. The van der Waals surface area contributed by atoms with Crippen molar-refractivity contribution in [2.75, 3.05) is 5.32 Å². The van der Waals surface area contributed by atoms with Crippen molar-refractivity contribution in [3.8, 4) is 0 Å². The fourth-order valence-corrected chi connectivity index (χ4v) is 3.36. The molecule has 2 aromatic rings. The first-order valence-corrected chi connectivity index (χ1v) is 8.59. The number of hydrogen-bond acceptors (Lipinski definition) is 5. The van der Waals surface area contributed by atoms with Crippen molar-refractivity contribution in [2.45, 2.75) is 12.8 Å². The molecule has 2 heterocycles. The molecule has 0 saturated carbocycles. The number of allylic oxidation sites excluding steroid dienone is 3. The van der Waals surface area contributed by atoms with Crippen LogP contribution in [0.3, 0.4) is 0 Å². The van der Waals surface area contributed by atoms with Crippen LogP contribution in [0.1, 0.15) is 27.9 Å². The van der Waals surface area contributed by atoms with E-state index in [1.165, 1.54) is 5.56 Å². The quantitative estimate of drug-likeness (QED) is 0.774. The maximum absolute atomic E-state index is 11.5. The van der Waals surface area contributed by atoms with Gasteiger partial charge in [0.1, 0.15) is 0 Å². The first-order valence-electron chi connectivity index (χ1n) is 8.59. The number of benzene rings is 2. The third-order valence-corrected chi connectivity index (χ3v) is 4.74. The van der Waals surface area contributed by atoms with Gasteiger partial charge in [-0.2, -0.15) is 0 Å².